The van der Waals surface area contributed by atoms with Gasteiger partial charge in [-0.15, -0.1) is 0 Å². The smallest absolute Gasteiger partial charge is 0.339 e. The first kappa shape index (κ1) is 21.2. The Morgan fingerprint density at radius 3 is 2.56 bits per heavy atom. The third-order valence-corrected chi connectivity index (χ3v) is 4.90. The fourth-order valence-corrected chi connectivity index (χ4v) is 3.08. The molecule has 0 unspecified atom stereocenters. The van der Waals surface area contributed by atoms with Crippen LogP contribution in [0.1, 0.15) is 12.3 Å². The summed E-state index contributed by atoms with van der Waals surface area (Å²) >= 11 is 6.03. The second-order valence-electron chi connectivity index (χ2n) is 6.78. The van der Waals surface area contributed by atoms with E-state index in [0.29, 0.717) is 16.4 Å². The van der Waals surface area contributed by atoms with Gasteiger partial charge in [0.2, 0.25) is 17.6 Å². The zero-order chi connectivity index (χ0) is 22.7. The van der Waals surface area contributed by atoms with E-state index in [4.69, 9.17) is 16.1 Å². The lowest BCUT2D eigenvalue weighted by atomic mass is 10.2. The van der Waals surface area contributed by atoms with Crippen LogP contribution in [0.4, 0.5) is 5.69 Å². The quantitative estimate of drug-likeness (QED) is 0.475. The number of nitrogens with zero attached hydrogens (tertiary/aromatic N) is 5. The van der Waals surface area contributed by atoms with Crippen molar-refractivity contribution in [3.8, 4) is 17.2 Å². The molecule has 10 nitrogen and oxygen atoms in total. The number of aryl methyl sites for hydroxylation is 1. The molecule has 0 aliphatic rings. The number of hydrogen-bond acceptors (Lipinski definition) is 7. The molecule has 4 rings (SSSR count). The highest BCUT2D eigenvalue weighted by Crippen LogP contribution is 2.20. The molecule has 0 fully saturated rings. The molecule has 0 atom stereocenters. The molecular weight excluding hydrogens is 436 g/mol. The van der Waals surface area contributed by atoms with E-state index in [2.05, 4.69) is 20.6 Å². The molecule has 4 aromatic rings. The standard InChI is InChI=1S/C21H17ClN6O4/c1-27-20(30)18(25-28(21(27)31)13-7-3-2-4-8-13)19-24-17(32-26-19)12-11-16(29)23-15-10-6-5-9-14(15)22/h2-10H,11-12H2,1H3,(H,23,29). The van der Waals surface area contributed by atoms with Gasteiger partial charge in [-0.3, -0.25) is 14.2 Å². The van der Waals surface area contributed by atoms with Gasteiger partial charge in [0.15, 0.2) is 5.69 Å². The van der Waals surface area contributed by atoms with E-state index in [-0.39, 0.29) is 36.2 Å². The molecule has 11 heteroatoms. The lowest BCUT2D eigenvalue weighted by molar-refractivity contribution is -0.116. The topological polar surface area (TPSA) is 125 Å². The number of para-hydroxylation sites is 2. The van der Waals surface area contributed by atoms with E-state index < -0.39 is 11.2 Å². The second kappa shape index (κ2) is 8.98. The SMILES string of the molecule is Cn1c(=O)c(-c2noc(CCC(=O)Nc3ccccc3Cl)n2)nn(-c2ccccc2)c1=O. The number of rotatable bonds is 6. The number of amides is 1. The van der Waals surface area contributed by atoms with Crippen LogP contribution in [-0.4, -0.2) is 30.4 Å². The maximum atomic E-state index is 12.6. The fourth-order valence-electron chi connectivity index (χ4n) is 2.90. The summed E-state index contributed by atoms with van der Waals surface area (Å²) in [4.78, 5) is 41.4. The molecular formula is C21H17ClN6O4. The van der Waals surface area contributed by atoms with Crippen LogP contribution in [0.5, 0.6) is 0 Å². The average molecular weight is 453 g/mol. The Morgan fingerprint density at radius 1 is 1.09 bits per heavy atom. The molecule has 2 aromatic carbocycles. The van der Waals surface area contributed by atoms with E-state index in [1.807, 2.05) is 0 Å². The van der Waals surface area contributed by atoms with E-state index in [9.17, 15) is 14.4 Å². The van der Waals surface area contributed by atoms with Crippen molar-refractivity contribution in [1.82, 2.24) is 24.5 Å². The number of aromatic nitrogens is 5. The lowest BCUT2D eigenvalue weighted by Gasteiger charge is -2.07. The molecule has 2 heterocycles. The number of hydrogen-bond donors (Lipinski definition) is 1. The molecule has 0 spiro atoms. The molecule has 2 aromatic heterocycles. The maximum absolute atomic E-state index is 12.6. The van der Waals surface area contributed by atoms with E-state index in [1.54, 1.807) is 54.6 Å². The van der Waals surface area contributed by atoms with Gasteiger partial charge in [0.25, 0.3) is 5.56 Å². The number of halogens is 1. The monoisotopic (exact) mass is 452 g/mol. The van der Waals surface area contributed by atoms with Gasteiger partial charge in [-0.2, -0.15) is 14.8 Å². The van der Waals surface area contributed by atoms with Crippen LogP contribution < -0.4 is 16.6 Å². The van der Waals surface area contributed by atoms with Crippen LogP contribution in [0, 0.1) is 0 Å². The van der Waals surface area contributed by atoms with Crippen LogP contribution in [0.2, 0.25) is 5.02 Å². The number of nitrogens with one attached hydrogen (secondary N) is 1. The second-order valence-corrected chi connectivity index (χ2v) is 7.19. The number of benzene rings is 2. The van der Waals surface area contributed by atoms with Crippen molar-refractivity contribution in [3.63, 3.8) is 0 Å². The minimum absolute atomic E-state index is 0.0573. The Bertz CT molecular complexity index is 1390. The Labute approximate surface area is 186 Å². The highest BCUT2D eigenvalue weighted by molar-refractivity contribution is 6.33. The summed E-state index contributed by atoms with van der Waals surface area (Å²) in [5, 5.41) is 11.1. The van der Waals surface area contributed by atoms with Crippen LogP contribution >= 0.6 is 11.6 Å². The van der Waals surface area contributed by atoms with Crippen molar-refractivity contribution < 1.29 is 9.32 Å². The Morgan fingerprint density at radius 2 is 1.81 bits per heavy atom. The van der Waals surface area contributed by atoms with Crippen molar-refractivity contribution in [2.24, 2.45) is 7.05 Å². The summed E-state index contributed by atoms with van der Waals surface area (Å²) in [6, 6.07) is 15.5. The van der Waals surface area contributed by atoms with Crippen molar-refractivity contribution in [2.45, 2.75) is 12.8 Å². The molecule has 0 bridgehead atoms. The fraction of sp³-hybridized carbons (Fsp3) is 0.143. The Balaban J connectivity index is 1.54. The molecule has 0 saturated carbocycles. The van der Waals surface area contributed by atoms with Crippen molar-refractivity contribution in [1.29, 1.82) is 0 Å². The normalized spacial score (nSPS) is 10.8. The zero-order valence-corrected chi connectivity index (χ0v) is 17.6. The van der Waals surface area contributed by atoms with Crippen molar-refractivity contribution >= 4 is 23.2 Å². The highest BCUT2D eigenvalue weighted by Gasteiger charge is 2.19. The van der Waals surface area contributed by atoms with Crippen LogP contribution in [0.3, 0.4) is 0 Å². The van der Waals surface area contributed by atoms with Gasteiger partial charge >= 0.3 is 5.69 Å². The minimum atomic E-state index is -0.661. The number of carbonyl (C=O) groups is 1. The van der Waals surface area contributed by atoms with E-state index in [1.165, 1.54) is 7.05 Å². The maximum Gasteiger partial charge on any atom is 0.351 e. The highest BCUT2D eigenvalue weighted by atomic mass is 35.5. The molecule has 32 heavy (non-hydrogen) atoms. The summed E-state index contributed by atoms with van der Waals surface area (Å²) < 4.78 is 7.18. The number of anilines is 1. The third kappa shape index (κ3) is 4.35. The largest absolute Gasteiger partial charge is 0.351 e. The predicted molar refractivity (Wildman–Crippen MR) is 117 cm³/mol. The van der Waals surface area contributed by atoms with Gasteiger partial charge < -0.3 is 9.84 Å². The third-order valence-electron chi connectivity index (χ3n) is 4.57. The molecule has 1 N–H and O–H groups in total. The summed E-state index contributed by atoms with van der Waals surface area (Å²) in [6.07, 6.45) is 0.198. The van der Waals surface area contributed by atoms with Gasteiger partial charge in [0, 0.05) is 19.9 Å². The summed E-state index contributed by atoms with van der Waals surface area (Å²) in [5.41, 5.74) is -0.432. The molecule has 1 amide bonds. The van der Waals surface area contributed by atoms with Crippen molar-refractivity contribution in [2.75, 3.05) is 5.32 Å². The average Bonchev–Trinajstić information content (AvgIpc) is 3.27. The molecule has 0 aliphatic carbocycles. The summed E-state index contributed by atoms with van der Waals surface area (Å²) in [5.74, 6) is -0.211. The summed E-state index contributed by atoms with van der Waals surface area (Å²) in [6.45, 7) is 0. The minimum Gasteiger partial charge on any atom is -0.339 e. The van der Waals surface area contributed by atoms with Crippen molar-refractivity contribution in [3.05, 3.63) is 86.3 Å². The number of carbonyl (C=O) groups excluding carboxylic acids is 1. The van der Waals surface area contributed by atoms with Gasteiger partial charge in [-0.05, 0) is 24.3 Å². The van der Waals surface area contributed by atoms with E-state index in [0.717, 1.165) is 9.25 Å². The van der Waals surface area contributed by atoms with Crippen LogP contribution in [0.15, 0.2) is 68.7 Å². The van der Waals surface area contributed by atoms with E-state index >= 15 is 0 Å². The molecule has 0 saturated heterocycles. The van der Waals surface area contributed by atoms with Crippen LogP contribution in [0.25, 0.3) is 17.2 Å². The Kier molecular flexibility index (Phi) is 5.95. The molecule has 0 radical (unpaired) electrons. The van der Waals surface area contributed by atoms with Gasteiger partial charge in [0.05, 0.1) is 16.4 Å². The van der Waals surface area contributed by atoms with Gasteiger partial charge in [-0.25, -0.2) is 4.79 Å². The van der Waals surface area contributed by atoms with Gasteiger partial charge in [-0.1, -0.05) is 47.1 Å². The first-order valence-corrected chi connectivity index (χ1v) is 9.95. The van der Waals surface area contributed by atoms with Crippen LogP contribution in [-0.2, 0) is 18.3 Å². The van der Waals surface area contributed by atoms with Gasteiger partial charge in [0.1, 0.15) is 0 Å². The predicted octanol–water partition coefficient (Wildman–Crippen LogP) is 2.21. The summed E-state index contributed by atoms with van der Waals surface area (Å²) in [7, 11) is 1.34. The first-order chi connectivity index (χ1) is 15.4. The first-order valence-electron chi connectivity index (χ1n) is 9.57. The lowest BCUT2D eigenvalue weighted by Crippen LogP contribution is -2.40. The zero-order valence-electron chi connectivity index (χ0n) is 16.9. The molecule has 162 valence electrons. The molecule has 0 aliphatic heterocycles. The Hall–Kier alpha value is -4.05.